The van der Waals surface area contributed by atoms with Crippen molar-refractivity contribution in [3.05, 3.63) is 0 Å². The quantitative estimate of drug-likeness (QED) is 0.708. The second-order valence-corrected chi connectivity index (χ2v) is 5.57. The Labute approximate surface area is 91.5 Å². The van der Waals surface area contributed by atoms with Crippen LogP contribution in [0.5, 0.6) is 0 Å². The summed E-state index contributed by atoms with van der Waals surface area (Å²) in [4.78, 5) is 4.54. The van der Waals surface area contributed by atoms with Gasteiger partial charge in [-0.3, -0.25) is 0 Å². The summed E-state index contributed by atoms with van der Waals surface area (Å²) < 4.78 is 5.32. The minimum Gasteiger partial charge on any atom is -0.377 e. The summed E-state index contributed by atoms with van der Waals surface area (Å²) in [5.74, 6) is 0.956. The number of hydrogen-bond donors (Lipinski definition) is 2. The molecule has 0 aromatic rings. The topological polar surface area (TPSA) is 45.7 Å². The van der Waals surface area contributed by atoms with E-state index in [1.54, 1.807) is 0 Å². The van der Waals surface area contributed by atoms with Gasteiger partial charge in [0, 0.05) is 6.54 Å². The highest BCUT2D eigenvalue weighted by Crippen LogP contribution is 2.17. The van der Waals surface area contributed by atoms with E-state index in [1.807, 2.05) is 0 Å². The maximum Gasteiger partial charge on any atom is 0.192 e. The van der Waals surface area contributed by atoms with Crippen LogP contribution in [0.3, 0.4) is 0 Å². The summed E-state index contributed by atoms with van der Waals surface area (Å²) in [5.41, 5.74) is 0.380. The molecule has 0 aliphatic carbocycles. The first-order valence-electron chi connectivity index (χ1n) is 5.70. The molecule has 1 saturated heterocycles. The molecule has 0 radical (unpaired) electrons. The zero-order valence-electron chi connectivity index (χ0n) is 9.84. The van der Waals surface area contributed by atoms with Crippen LogP contribution < -0.4 is 10.6 Å². The highest BCUT2D eigenvalue weighted by Gasteiger charge is 2.33. The first-order chi connectivity index (χ1) is 7.04. The first-order valence-corrected chi connectivity index (χ1v) is 5.70. The highest BCUT2D eigenvalue weighted by molar-refractivity contribution is 5.82. The van der Waals surface area contributed by atoms with Gasteiger partial charge < -0.3 is 15.4 Å². The van der Waals surface area contributed by atoms with Crippen LogP contribution in [0.15, 0.2) is 4.99 Å². The average molecular weight is 211 g/mol. The second kappa shape index (κ2) is 4.00. The number of guanidine groups is 1. The van der Waals surface area contributed by atoms with Crippen LogP contribution in [-0.4, -0.2) is 37.8 Å². The molecular weight excluding hydrogens is 190 g/mol. The van der Waals surface area contributed by atoms with Gasteiger partial charge >= 0.3 is 0 Å². The molecule has 86 valence electrons. The Kier molecular flexibility index (Phi) is 2.87. The number of fused-ring (bicyclic) bond motifs is 1. The summed E-state index contributed by atoms with van der Waals surface area (Å²) in [6.45, 7) is 9.29. The minimum absolute atomic E-state index is 0.335. The summed E-state index contributed by atoms with van der Waals surface area (Å²) >= 11 is 0. The molecule has 0 spiro atoms. The van der Waals surface area contributed by atoms with Crippen LogP contribution in [0, 0.1) is 5.41 Å². The van der Waals surface area contributed by atoms with Gasteiger partial charge in [-0.15, -0.1) is 0 Å². The zero-order valence-corrected chi connectivity index (χ0v) is 9.84. The van der Waals surface area contributed by atoms with E-state index in [0.29, 0.717) is 17.5 Å². The molecule has 4 nitrogen and oxygen atoms in total. The van der Waals surface area contributed by atoms with Crippen molar-refractivity contribution in [1.82, 2.24) is 10.6 Å². The van der Waals surface area contributed by atoms with Crippen molar-refractivity contribution in [3.8, 4) is 0 Å². The molecule has 2 N–H and O–H groups in total. The van der Waals surface area contributed by atoms with Gasteiger partial charge in [0.15, 0.2) is 5.96 Å². The molecule has 1 fully saturated rings. The van der Waals surface area contributed by atoms with Gasteiger partial charge in [0.1, 0.15) is 0 Å². The van der Waals surface area contributed by atoms with Crippen molar-refractivity contribution >= 4 is 5.96 Å². The van der Waals surface area contributed by atoms with Crippen LogP contribution in [-0.2, 0) is 4.74 Å². The molecular formula is C11H21N3O. The van der Waals surface area contributed by atoms with Gasteiger partial charge in [-0.2, -0.15) is 0 Å². The zero-order chi connectivity index (χ0) is 10.9. The third-order valence-electron chi connectivity index (χ3n) is 2.83. The number of ether oxygens (including phenoxy) is 1. The molecule has 2 heterocycles. The fourth-order valence-electron chi connectivity index (χ4n) is 1.84. The lowest BCUT2D eigenvalue weighted by Gasteiger charge is -2.18. The van der Waals surface area contributed by atoms with Crippen LogP contribution in [0.4, 0.5) is 0 Å². The Morgan fingerprint density at radius 1 is 1.47 bits per heavy atom. The van der Waals surface area contributed by atoms with Crippen LogP contribution in [0.1, 0.15) is 27.2 Å². The third-order valence-corrected chi connectivity index (χ3v) is 2.83. The van der Waals surface area contributed by atoms with E-state index in [-0.39, 0.29) is 0 Å². The van der Waals surface area contributed by atoms with Gasteiger partial charge in [0.2, 0.25) is 0 Å². The molecule has 0 aromatic heterocycles. The highest BCUT2D eigenvalue weighted by atomic mass is 16.5. The van der Waals surface area contributed by atoms with Gasteiger partial charge in [0.25, 0.3) is 0 Å². The Morgan fingerprint density at radius 2 is 2.27 bits per heavy atom. The number of nitrogens with one attached hydrogen (secondary N) is 2. The largest absolute Gasteiger partial charge is 0.377 e. The van der Waals surface area contributed by atoms with Gasteiger partial charge in [0.05, 0.1) is 25.3 Å². The van der Waals surface area contributed by atoms with Crippen molar-refractivity contribution in [1.29, 1.82) is 0 Å². The Hall–Kier alpha value is -0.770. The number of nitrogens with zero attached hydrogens (tertiary/aromatic N) is 1. The van der Waals surface area contributed by atoms with E-state index < -0.39 is 0 Å². The van der Waals surface area contributed by atoms with E-state index in [1.165, 1.54) is 0 Å². The molecule has 0 saturated carbocycles. The van der Waals surface area contributed by atoms with E-state index in [4.69, 9.17) is 4.74 Å². The smallest absolute Gasteiger partial charge is 0.192 e. The molecule has 2 aliphatic rings. The maximum absolute atomic E-state index is 5.32. The SMILES string of the molecule is CC(C)(C)CCNC1=N[C@@H]2COC[C@@H]2N1. The minimum atomic E-state index is 0.335. The van der Waals surface area contributed by atoms with E-state index in [0.717, 1.165) is 32.1 Å². The normalized spacial score (nSPS) is 29.7. The van der Waals surface area contributed by atoms with Gasteiger partial charge in [-0.25, -0.2) is 4.99 Å². The first kappa shape index (κ1) is 10.7. The van der Waals surface area contributed by atoms with Crippen LogP contribution in [0.25, 0.3) is 0 Å². The van der Waals surface area contributed by atoms with Crippen LogP contribution >= 0.6 is 0 Å². The predicted molar refractivity (Wildman–Crippen MR) is 61.0 cm³/mol. The molecule has 0 bridgehead atoms. The average Bonchev–Trinajstić information content (AvgIpc) is 2.60. The summed E-state index contributed by atoms with van der Waals surface area (Å²) in [6, 6.07) is 0.740. The van der Waals surface area contributed by atoms with Gasteiger partial charge in [-0.05, 0) is 11.8 Å². The number of aliphatic imine (C=N–C) groups is 1. The van der Waals surface area contributed by atoms with Crippen molar-refractivity contribution in [3.63, 3.8) is 0 Å². The summed E-state index contributed by atoms with van der Waals surface area (Å²) in [5, 5.41) is 6.70. The van der Waals surface area contributed by atoms with Gasteiger partial charge in [-0.1, -0.05) is 20.8 Å². The molecule has 0 unspecified atom stereocenters. The third kappa shape index (κ3) is 2.84. The fraction of sp³-hybridized carbons (Fsp3) is 0.909. The summed E-state index contributed by atoms with van der Waals surface area (Å²) in [7, 11) is 0. The maximum atomic E-state index is 5.32. The lowest BCUT2D eigenvalue weighted by molar-refractivity contribution is 0.188. The molecule has 0 amide bonds. The second-order valence-electron chi connectivity index (χ2n) is 5.57. The van der Waals surface area contributed by atoms with Crippen molar-refractivity contribution in [2.24, 2.45) is 10.4 Å². The Balaban J connectivity index is 1.73. The monoisotopic (exact) mass is 211 g/mol. The molecule has 0 aromatic carbocycles. The van der Waals surface area contributed by atoms with Crippen molar-refractivity contribution in [2.45, 2.75) is 39.3 Å². The van der Waals surface area contributed by atoms with Crippen molar-refractivity contribution < 1.29 is 4.74 Å². The van der Waals surface area contributed by atoms with Crippen LogP contribution in [0.2, 0.25) is 0 Å². The molecule has 2 aliphatic heterocycles. The predicted octanol–water partition coefficient (Wildman–Crippen LogP) is 0.739. The summed E-state index contributed by atoms with van der Waals surface area (Å²) in [6.07, 6.45) is 1.15. The van der Waals surface area contributed by atoms with E-state index >= 15 is 0 Å². The fourth-order valence-corrected chi connectivity index (χ4v) is 1.84. The molecule has 15 heavy (non-hydrogen) atoms. The number of rotatable bonds is 2. The number of hydrogen-bond acceptors (Lipinski definition) is 4. The lowest BCUT2D eigenvalue weighted by Crippen LogP contribution is -2.41. The molecule has 2 atom stereocenters. The Morgan fingerprint density at radius 3 is 2.93 bits per heavy atom. The molecule has 2 rings (SSSR count). The van der Waals surface area contributed by atoms with Crippen molar-refractivity contribution in [2.75, 3.05) is 19.8 Å². The molecule has 4 heteroatoms. The van der Waals surface area contributed by atoms with E-state index in [2.05, 4.69) is 36.4 Å². The van der Waals surface area contributed by atoms with E-state index in [9.17, 15) is 0 Å². The Bertz CT molecular complexity index is 257. The lowest BCUT2D eigenvalue weighted by atomic mass is 9.92. The standard InChI is InChI=1S/C11H21N3O/c1-11(2,3)4-5-12-10-13-8-6-15-7-9(8)14-10/h8-9H,4-7H2,1-3H3,(H2,12,13,14)/t8-,9+.